The second kappa shape index (κ2) is 7.47. The first-order valence-corrected chi connectivity index (χ1v) is 8.79. The number of aliphatic hydroxyl groups is 1. The van der Waals surface area contributed by atoms with Crippen molar-refractivity contribution in [1.82, 2.24) is 0 Å². The van der Waals surface area contributed by atoms with Gasteiger partial charge >= 0.3 is 0 Å². The number of hydrogen-bond donors (Lipinski definition) is 2. The van der Waals surface area contributed by atoms with Crippen LogP contribution < -0.4 is 0 Å². The van der Waals surface area contributed by atoms with E-state index >= 15 is 0 Å². The number of aromatic hydroxyl groups is 1. The predicted molar refractivity (Wildman–Crippen MR) is 87.0 cm³/mol. The molecular weight excluding hydrogens is 276 g/mol. The average Bonchev–Trinajstić information content (AvgIpc) is 2.56. The van der Waals surface area contributed by atoms with Gasteiger partial charge in [0.2, 0.25) is 0 Å². The number of rotatable bonds is 4. The number of phenols is 1. The highest BCUT2D eigenvalue weighted by Crippen LogP contribution is 2.38. The zero-order valence-corrected chi connectivity index (χ0v) is 13.3. The van der Waals surface area contributed by atoms with Crippen molar-refractivity contribution in [2.75, 3.05) is 6.61 Å². The zero-order chi connectivity index (χ0) is 15.4. The fraction of sp³-hybridized carbons (Fsp3) is 0.684. The Kier molecular flexibility index (Phi) is 5.37. The second-order valence-corrected chi connectivity index (χ2v) is 7.07. The van der Waals surface area contributed by atoms with Crippen LogP contribution in [0.25, 0.3) is 0 Å². The van der Waals surface area contributed by atoms with E-state index in [0.29, 0.717) is 24.4 Å². The number of ether oxygens (including phenoxy) is 1. The van der Waals surface area contributed by atoms with Crippen molar-refractivity contribution < 1.29 is 14.9 Å². The van der Waals surface area contributed by atoms with Gasteiger partial charge in [0.25, 0.3) is 0 Å². The maximum Gasteiger partial charge on any atom is 0.115 e. The fourth-order valence-corrected chi connectivity index (χ4v) is 3.97. The Morgan fingerprint density at radius 3 is 2.27 bits per heavy atom. The molecule has 0 spiro atoms. The topological polar surface area (TPSA) is 49.7 Å². The van der Waals surface area contributed by atoms with Crippen LogP contribution in [-0.2, 0) is 4.74 Å². The molecule has 3 nitrogen and oxygen atoms in total. The van der Waals surface area contributed by atoms with Gasteiger partial charge in [-0.25, -0.2) is 0 Å². The molecule has 1 aliphatic carbocycles. The highest BCUT2D eigenvalue weighted by molar-refractivity contribution is 5.28. The Hall–Kier alpha value is -1.06. The SMILES string of the molecule is Oc1ccc(C2CCC(CCC3CCC(O)CO3)CC2)cc1. The minimum absolute atomic E-state index is 0.239. The molecule has 3 heteroatoms. The molecular formula is C19H28O3. The molecule has 1 saturated heterocycles. The first kappa shape index (κ1) is 15.8. The molecule has 3 rings (SSSR count). The third kappa shape index (κ3) is 4.23. The summed E-state index contributed by atoms with van der Waals surface area (Å²) in [7, 11) is 0. The van der Waals surface area contributed by atoms with E-state index in [-0.39, 0.29) is 6.10 Å². The predicted octanol–water partition coefficient (Wildman–Crippen LogP) is 3.99. The molecule has 0 amide bonds. The third-order valence-electron chi connectivity index (χ3n) is 5.45. The van der Waals surface area contributed by atoms with Gasteiger partial charge in [0.05, 0.1) is 18.8 Å². The molecule has 0 aromatic heterocycles. The number of aliphatic hydroxyl groups excluding tert-OH is 1. The molecule has 1 heterocycles. The first-order valence-electron chi connectivity index (χ1n) is 8.79. The number of hydrogen-bond acceptors (Lipinski definition) is 3. The van der Waals surface area contributed by atoms with Crippen molar-refractivity contribution in [1.29, 1.82) is 0 Å². The first-order chi connectivity index (χ1) is 10.7. The molecule has 122 valence electrons. The van der Waals surface area contributed by atoms with Crippen LogP contribution in [0.3, 0.4) is 0 Å². The summed E-state index contributed by atoms with van der Waals surface area (Å²) >= 11 is 0. The van der Waals surface area contributed by atoms with Gasteiger partial charge in [-0.3, -0.25) is 0 Å². The van der Waals surface area contributed by atoms with Crippen molar-refractivity contribution in [3.8, 4) is 5.75 Å². The van der Waals surface area contributed by atoms with Gasteiger partial charge in [-0.2, -0.15) is 0 Å². The summed E-state index contributed by atoms with van der Waals surface area (Å²) in [5.41, 5.74) is 1.38. The molecule has 2 N–H and O–H groups in total. The number of phenolic OH excluding ortho intramolecular Hbond substituents is 1. The van der Waals surface area contributed by atoms with E-state index in [9.17, 15) is 10.2 Å². The molecule has 2 atom stereocenters. The maximum absolute atomic E-state index is 9.46. The lowest BCUT2D eigenvalue weighted by molar-refractivity contribution is -0.0601. The lowest BCUT2D eigenvalue weighted by Gasteiger charge is -2.31. The molecule has 1 aromatic rings. The van der Waals surface area contributed by atoms with E-state index in [4.69, 9.17) is 4.74 Å². The minimum Gasteiger partial charge on any atom is -0.508 e. The molecule has 1 aromatic carbocycles. The highest BCUT2D eigenvalue weighted by Gasteiger charge is 2.25. The summed E-state index contributed by atoms with van der Waals surface area (Å²) < 4.78 is 5.71. The molecule has 1 saturated carbocycles. The minimum atomic E-state index is -0.239. The lowest BCUT2D eigenvalue weighted by Crippen LogP contribution is -2.29. The van der Waals surface area contributed by atoms with Crippen molar-refractivity contribution in [3.63, 3.8) is 0 Å². The smallest absolute Gasteiger partial charge is 0.115 e. The van der Waals surface area contributed by atoms with Crippen LogP contribution in [-0.4, -0.2) is 29.0 Å². The van der Waals surface area contributed by atoms with Crippen molar-refractivity contribution >= 4 is 0 Å². The van der Waals surface area contributed by atoms with Gasteiger partial charge in [0.15, 0.2) is 0 Å². The Balaban J connectivity index is 1.39. The summed E-state index contributed by atoms with van der Waals surface area (Å²) in [4.78, 5) is 0. The molecule has 2 unspecified atom stereocenters. The van der Waals surface area contributed by atoms with Gasteiger partial charge in [-0.05, 0) is 80.9 Å². The molecule has 2 aliphatic rings. The molecule has 2 fully saturated rings. The van der Waals surface area contributed by atoms with E-state index in [1.807, 2.05) is 0 Å². The van der Waals surface area contributed by atoms with Crippen LogP contribution in [0, 0.1) is 5.92 Å². The van der Waals surface area contributed by atoms with Gasteiger partial charge in [-0.15, -0.1) is 0 Å². The van der Waals surface area contributed by atoms with E-state index in [1.54, 1.807) is 12.1 Å². The van der Waals surface area contributed by atoms with Gasteiger partial charge in [0, 0.05) is 0 Å². The Morgan fingerprint density at radius 1 is 0.909 bits per heavy atom. The van der Waals surface area contributed by atoms with Crippen LogP contribution in [0.1, 0.15) is 62.8 Å². The summed E-state index contributed by atoms with van der Waals surface area (Å²) in [5, 5.41) is 18.8. The van der Waals surface area contributed by atoms with E-state index < -0.39 is 0 Å². The Labute approximate surface area is 133 Å². The van der Waals surface area contributed by atoms with Gasteiger partial charge < -0.3 is 14.9 Å². The Bertz CT molecular complexity index is 440. The van der Waals surface area contributed by atoms with Crippen molar-refractivity contribution in [2.45, 2.75) is 69.5 Å². The standard InChI is InChI=1S/C19H28O3/c20-17-8-6-16(7-9-17)15-4-1-14(2-5-15)3-11-19-12-10-18(21)13-22-19/h6-9,14-15,18-21H,1-5,10-13H2. The second-order valence-electron chi connectivity index (χ2n) is 7.07. The van der Waals surface area contributed by atoms with Crippen LogP contribution in [0.5, 0.6) is 5.75 Å². The fourth-order valence-electron chi connectivity index (χ4n) is 3.97. The normalized spacial score (nSPS) is 32.8. The maximum atomic E-state index is 9.46. The summed E-state index contributed by atoms with van der Waals surface area (Å²) in [6.07, 6.45) is 9.61. The monoisotopic (exact) mass is 304 g/mol. The molecule has 0 radical (unpaired) electrons. The van der Waals surface area contributed by atoms with Crippen LogP contribution in [0.2, 0.25) is 0 Å². The molecule has 0 bridgehead atoms. The summed E-state index contributed by atoms with van der Waals surface area (Å²) in [6, 6.07) is 7.75. The van der Waals surface area contributed by atoms with E-state index in [1.165, 1.54) is 37.7 Å². The lowest BCUT2D eigenvalue weighted by atomic mass is 9.77. The van der Waals surface area contributed by atoms with Crippen molar-refractivity contribution in [3.05, 3.63) is 29.8 Å². The van der Waals surface area contributed by atoms with Crippen LogP contribution >= 0.6 is 0 Å². The average molecular weight is 304 g/mol. The van der Waals surface area contributed by atoms with Gasteiger partial charge in [0.1, 0.15) is 5.75 Å². The molecule has 22 heavy (non-hydrogen) atoms. The molecule has 1 aliphatic heterocycles. The summed E-state index contributed by atoms with van der Waals surface area (Å²) in [5.74, 6) is 1.86. The third-order valence-corrected chi connectivity index (χ3v) is 5.45. The zero-order valence-electron chi connectivity index (χ0n) is 13.3. The van der Waals surface area contributed by atoms with E-state index in [2.05, 4.69) is 12.1 Å². The van der Waals surface area contributed by atoms with Crippen LogP contribution in [0.15, 0.2) is 24.3 Å². The highest BCUT2D eigenvalue weighted by atomic mass is 16.5. The van der Waals surface area contributed by atoms with Crippen molar-refractivity contribution in [2.24, 2.45) is 5.92 Å². The van der Waals surface area contributed by atoms with Gasteiger partial charge in [-0.1, -0.05) is 12.1 Å². The summed E-state index contributed by atoms with van der Waals surface area (Å²) in [6.45, 7) is 0.526. The Morgan fingerprint density at radius 2 is 1.64 bits per heavy atom. The van der Waals surface area contributed by atoms with Crippen LogP contribution in [0.4, 0.5) is 0 Å². The quantitative estimate of drug-likeness (QED) is 0.884. The largest absolute Gasteiger partial charge is 0.508 e. The number of benzene rings is 1. The van der Waals surface area contributed by atoms with E-state index in [0.717, 1.165) is 25.2 Å².